The second-order valence-electron chi connectivity index (χ2n) is 5.09. The number of aliphatic carboxylic acids is 1. The number of thioether (sulfide) groups is 1. The van der Waals surface area contributed by atoms with Gasteiger partial charge in [0.05, 0.1) is 0 Å². The molecule has 0 aromatic rings. The summed E-state index contributed by atoms with van der Waals surface area (Å²) in [5.41, 5.74) is -0.767. The van der Waals surface area contributed by atoms with E-state index in [-0.39, 0.29) is 0 Å². The zero-order valence-corrected chi connectivity index (χ0v) is 12.6. The minimum atomic E-state index is -0.767. The molecule has 2 N–H and O–H groups in total. The second kappa shape index (κ2) is 7.98. The van der Waals surface area contributed by atoms with Gasteiger partial charge < -0.3 is 10.4 Å². The fourth-order valence-electron chi connectivity index (χ4n) is 1.55. The number of hydrogen-bond donors (Lipinski definition) is 2. The molecule has 0 spiro atoms. The van der Waals surface area contributed by atoms with E-state index in [1.165, 1.54) is 0 Å². The smallest absolute Gasteiger partial charge is 0.323 e. The highest BCUT2D eigenvalue weighted by Gasteiger charge is 2.31. The maximum Gasteiger partial charge on any atom is 0.323 e. The van der Waals surface area contributed by atoms with Gasteiger partial charge in [0.2, 0.25) is 0 Å². The standard InChI is InChI=1S/C13H27NO2S/c1-6-14-13(5,12(15)16)8-7-9-17-11(4)10(2)3/h10-11,14H,6-9H2,1-5H3,(H,15,16). The van der Waals surface area contributed by atoms with Gasteiger partial charge >= 0.3 is 5.97 Å². The molecule has 0 aromatic heterocycles. The molecule has 0 aliphatic carbocycles. The van der Waals surface area contributed by atoms with Gasteiger partial charge in [0, 0.05) is 5.25 Å². The monoisotopic (exact) mass is 261 g/mol. The maximum atomic E-state index is 11.2. The molecule has 0 rings (SSSR count). The third-order valence-electron chi connectivity index (χ3n) is 3.18. The Morgan fingerprint density at radius 3 is 2.41 bits per heavy atom. The highest BCUT2D eigenvalue weighted by molar-refractivity contribution is 7.99. The highest BCUT2D eigenvalue weighted by atomic mass is 32.2. The van der Waals surface area contributed by atoms with Gasteiger partial charge in [-0.3, -0.25) is 4.79 Å². The van der Waals surface area contributed by atoms with E-state index in [9.17, 15) is 9.90 Å². The van der Waals surface area contributed by atoms with Crippen molar-refractivity contribution < 1.29 is 9.90 Å². The third kappa shape index (κ3) is 6.32. The van der Waals surface area contributed by atoms with Crippen molar-refractivity contribution in [2.45, 2.75) is 58.2 Å². The summed E-state index contributed by atoms with van der Waals surface area (Å²) in [6.45, 7) is 11.1. The number of hydrogen-bond acceptors (Lipinski definition) is 3. The molecule has 0 aliphatic heterocycles. The van der Waals surface area contributed by atoms with E-state index in [1.54, 1.807) is 6.92 Å². The Morgan fingerprint density at radius 2 is 2.00 bits per heavy atom. The topological polar surface area (TPSA) is 49.3 Å². The lowest BCUT2D eigenvalue weighted by Gasteiger charge is -2.26. The molecule has 0 bridgehead atoms. The number of rotatable bonds is 9. The van der Waals surface area contributed by atoms with Crippen molar-refractivity contribution in [2.24, 2.45) is 5.92 Å². The molecule has 2 unspecified atom stereocenters. The molecular formula is C13H27NO2S. The fourth-order valence-corrected chi connectivity index (χ4v) is 2.62. The molecule has 3 nitrogen and oxygen atoms in total. The van der Waals surface area contributed by atoms with E-state index in [2.05, 4.69) is 26.1 Å². The van der Waals surface area contributed by atoms with Crippen LogP contribution in [-0.4, -0.2) is 34.2 Å². The Hall–Kier alpha value is -0.220. The summed E-state index contributed by atoms with van der Waals surface area (Å²) in [5.74, 6) is 0.967. The van der Waals surface area contributed by atoms with Gasteiger partial charge in [-0.2, -0.15) is 11.8 Å². The van der Waals surface area contributed by atoms with Gasteiger partial charge in [0.25, 0.3) is 0 Å². The van der Waals surface area contributed by atoms with Crippen molar-refractivity contribution in [1.29, 1.82) is 0 Å². The third-order valence-corrected chi connectivity index (χ3v) is 4.77. The Balaban J connectivity index is 3.95. The SMILES string of the molecule is CCNC(C)(CCCSC(C)C(C)C)C(=O)O. The molecule has 17 heavy (non-hydrogen) atoms. The van der Waals surface area contributed by atoms with E-state index in [1.807, 2.05) is 18.7 Å². The van der Waals surface area contributed by atoms with Crippen molar-refractivity contribution >= 4 is 17.7 Å². The van der Waals surface area contributed by atoms with Crippen LogP contribution in [0.2, 0.25) is 0 Å². The molecule has 0 aliphatic rings. The lowest BCUT2D eigenvalue weighted by atomic mass is 9.96. The summed E-state index contributed by atoms with van der Waals surface area (Å²) in [6.07, 6.45) is 1.63. The summed E-state index contributed by atoms with van der Waals surface area (Å²) < 4.78 is 0. The molecule has 0 saturated heterocycles. The molecule has 102 valence electrons. The van der Waals surface area contributed by atoms with E-state index < -0.39 is 11.5 Å². The molecule has 0 heterocycles. The average Bonchev–Trinajstić information content (AvgIpc) is 2.24. The second-order valence-corrected chi connectivity index (χ2v) is 6.58. The van der Waals surface area contributed by atoms with Crippen molar-refractivity contribution in [3.8, 4) is 0 Å². The molecule has 0 amide bonds. The number of likely N-dealkylation sites (N-methyl/N-ethyl adjacent to an activating group) is 1. The molecule has 0 aromatic carbocycles. The molecule has 0 radical (unpaired) electrons. The Morgan fingerprint density at radius 1 is 1.41 bits per heavy atom. The van der Waals surface area contributed by atoms with Crippen LogP contribution < -0.4 is 5.32 Å². The lowest BCUT2D eigenvalue weighted by Crippen LogP contribution is -2.49. The molecule has 2 atom stereocenters. The first-order chi connectivity index (χ1) is 7.83. The summed E-state index contributed by atoms with van der Waals surface area (Å²) in [4.78, 5) is 11.2. The predicted octanol–water partition coefficient (Wildman–Crippen LogP) is 3.00. The summed E-state index contributed by atoms with van der Waals surface area (Å²) in [7, 11) is 0. The van der Waals surface area contributed by atoms with Gasteiger partial charge in [0.1, 0.15) is 5.54 Å². The van der Waals surface area contributed by atoms with Crippen molar-refractivity contribution in [3.63, 3.8) is 0 Å². The largest absolute Gasteiger partial charge is 0.480 e. The number of carbonyl (C=O) groups is 1. The number of carboxylic acids is 1. The van der Waals surface area contributed by atoms with Crippen LogP contribution in [0.25, 0.3) is 0 Å². The fraction of sp³-hybridized carbons (Fsp3) is 0.923. The van der Waals surface area contributed by atoms with E-state index in [4.69, 9.17) is 0 Å². The van der Waals surface area contributed by atoms with Crippen LogP contribution in [0.1, 0.15) is 47.5 Å². The van der Waals surface area contributed by atoms with E-state index in [0.29, 0.717) is 24.1 Å². The van der Waals surface area contributed by atoms with Crippen LogP contribution in [0.5, 0.6) is 0 Å². The van der Waals surface area contributed by atoms with Crippen LogP contribution in [-0.2, 0) is 4.79 Å². The van der Waals surface area contributed by atoms with E-state index >= 15 is 0 Å². The number of nitrogens with one attached hydrogen (secondary N) is 1. The zero-order chi connectivity index (χ0) is 13.5. The maximum absolute atomic E-state index is 11.2. The first-order valence-electron chi connectivity index (χ1n) is 6.43. The zero-order valence-electron chi connectivity index (χ0n) is 11.7. The van der Waals surface area contributed by atoms with Crippen LogP contribution in [0.3, 0.4) is 0 Å². The Kier molecular flexibility index (Phi) is 7.88. The first-order valence-corrected chi connectivity index (χ1v) is 7.48. The van der Waals surface area contributed by atoms with Gasteiger partial charge in [-0.15, -0.1) is 0 Å². The lowest BCUT2D eigenvalue weighted by molar-refractivity contribution is -0.144. The average molecular weight is 261 g/mol. The minimum absolute atomic E-state index is 0.644. The van der Waals surface area contributed by atoms with Gasteiger partial charge in [0.15, 0.2) is 0 Å². The first kappa shape index (κ1) is 16.8. The highest BCUT2D eigenvalue weighted by Crippen LogP contribution is 2.22. The van der Waals surface area contributed by atoms with Gasteiger partial charge in [-0.05, 0) is 38.0 Å². The molecular weight excluding hydrogens is 234 g/mol. The normalized spacial score (nSPS) is 16.8. The predicted molar refractivity (Wildman–Crippen MR) is 75.7 cm³/mol. The molecule has 0 fully saturated rings. The van der Waals surface area contributed by atoms with Crippen molar-refractivity contribution in [1.82, 2.24) is 5.32 Å². The number of carboxylic acid groups (broad SMARTS) is 1. The van der Waals surface area contributed by atoms with Crippen molar-refractivity contribution in [2.75, 3.05) is 12.3 Å². The van der Waals surface area contributed by atoms with Gasteiger partial charge in [-0.1, -0.05) is 27.7 Å². The summed E-state index contributed by atoms with van der Waals surface area (Å²) in [6, 6.07) is 0. The minimum Gasteiger partial charge on any atom is -0.480 e. The van der Waals surface area contributed by atoms with E-state index in [0.717, 1.165) is 12.2 Å². The van der Waals surface area contributed by atoms with Crippen LogP contribution in [0, 0.1) is 5.92 Å². The van der Waals surface area contributed by atoms with Crippen LogP contribution >= 0.6 is 11.8 Å². The Labute approximate surface area is 110 Å². The Bertz CT molecular complexity index is 233. The van der Waals surface area contributed by atoms with Crippen molar-refractivity contribution in [3.05, 3.63) is 0 Å². The van der Waals surface area contributed by atoms with Crippen LogP contribution in [0.15, 0.2) is 0 Å². The quantitative estimate of drug-likeness (QED) is 0.626. The summed E-state index contributed by atoms with van der Waals surface area (Å²) >= 11 is 1.93. The molecule has 0 saturated carbocycles. The van der Waals surface area contributed by atoms with Crippen LogP contribution in [0.4, 0.5) is 0 Å². The molecule has 4 heteroatoms. The van der Waals surface area contributed by atoms with Gasteiger partial charge in [-0.25, -0.2) is 0 Å². The summed E-state index contributed by atoms with van der Waals surface area (Å²) in [5, 5.41) is 12.9.